The van der Waals surface area contributed by atoms with Crippen molar-refractivity contribution in [3.05, 3.63) is 47.3 Å². The van der Waals surface area contributed by atoms with E-state index in [0.717, 1.165) is 0 Å². The lowest BCUT2D eigenvalue weighted by Gasteiger charge is -2.13. The van der Waals surface area contributed by atoms with Crippen molar-refractivity contribution >= 4 is 23.5 Å². The average molecular weight is 355 g/mol. The summed E-state index contributed by atoms with van der Waals surface area (Å²) >= 11 is 0. The minimum Gasteiger partial charge on any atom is -0.352 e. The summed E-state index contributed by atoms with van der Waals surface area (Å²) in [6, 6.07) is 6.84. The van der Waals surface area contributed by atoms with E-state index in [-0.39, 0.29) is 11.8 Å². The molecule has 0 atom stereocenters. The number of nitrogens with zero attached hydrogens (tertiary/aromatic N) is 3. The molecule has 2 N–H and O–H groups in total. The van der Waals surface area contributed by atoms with E-state index >= 15 is 0 Å². The van der Waals surface area contributed by atoms with Gasteiger partial charge in [0.05, 0.1) is 11.3 Å². The molecule has 0 aliphatic rings. The lowest BCUT2D eigenvalue weighted by Crippen LogP contribution is -2.27. The van der Waals surface area contributed by atoms with Crippen LogP contribution in [0.5, 0.6) is 0 Å². The molecule has 2 aromatic rings. The van der Waals surface area contributed by atoms with Crippen LogP contribution in [-0.4, -0.2) is 42.4 Å². The highest BCUT2D eigenvalue weighted by Crippen LogP contribution is 2.15. The zero-order valence-corrected chi connectivity index (χ0v) is 15.8. The molecule has 0 unspecified atom stereocenters. The molecule has 2 amide bonds. The Bertz CT molecular complexity index is 802. The van der Waals surface area contributed by atoms with Crippen molar-refractivity contribution in [2.24, 2.45) is 5.92 Å². The van der Waals surface area contributed by atoms with E-state index in [4.69, 9.17) is 0 Å². The van der Waals surface area contributed by atoms with Crippen LogP contribution in [0, 0.1) is 12.8 Å². The Morgan fingerprint density at radius 1 is 1.19 bits per heavy atom. The molecule has 0 aliphatic heterocycles. The molecule has 7 heteroatoms. The molecule has 1 aromatic carbocycles. The summed E-state index contributed by atoms with van der Waals surface area (Å²) in [6.45, 7) is 6.43. The van der Waals surface area contributed by atoms with Crippen LogP contribution >= 0.6 is 0 Å². The van der Waals surface area contributed by atoms with Crippen LogP contribution in [-0.2, 0) is 0 Å². The zero-order chi connectivity index (χ0) is 19.3. The highest BCUT2D eigenvalue weighted by Gasteiger charge is 2.14. The SMILES string of the molecule is Cc1nc(N(C)C)ncc1C(=O)Nc1cccc(C(=O)NCC(C)C)c1. The van der Waals surface area contributed by atoms with Crippen LogP contribution in [0.25, 0.3) is 0 Å². The first-order valence-corrected chi connectivity index (χ1v) is 8.48. The summed E-state index contributed by atoms with van der Waals surface area (Å²) in [7, 11) is 3.68. The third-order valence-electron chi connectivity index (χ3n) is 3.66. The Morgan fingerprint density at radius 2 is 1.92 bits per heavy atom. The Balaban J connectivity index is 2.12. The van der Waals surface area contributed by atoms with Gasteiger partial charge >= 0.3 is 0 Å². The van der Waals surface area contributed by atoms with Gasteiger partial charge in [-0.25, -0.2) is 9.97 Å². The largest absolute Gasteiger partial charge is 0.352 e. The number of rotatable bonds is 6. The first kappa shape index (κ1) is 19.4. The smallest absolute Gasteiger partial charge is 0.259 e. The number of anilines is 2. The third kappa shape index (κ3) is 5.02. The van der Waals surface area contributed by atoms with Crippen molar-refractivity contribution in [3.63, 3.8) is 0 Å². The Hall–Kier alpha value is -2.96. The minimum absolute atomic E-state index is 0.162. The first-order valence-electron chi connectivity index (χ1n) is 8.48. The molecule has 26 heavy (non-hydrogen) atoms. The molecule has 138 valence electrons. The number of benzene rings is 1. The fraction of sp³-hybridized carbons (Fsp3) is 0.368. The maximum Gasteiger partial charge on any atom is 0.259 e. The second-order valence-electron chi connectivity index (χ2n) is 6.70. The van der Waals surface area contributed by atoms with Gasteiger partial charge in [0, 0.05) is 38.1 Å². The Morgan fingerprint density at radius 3 is 2.54 bits per heavy atom. The number of aromatic nitrogens is 2. The molecule has 0 fully saturated rings. The lowest BCUT2D eigenvalue weighted by atomic mass is 10.1. The number of nitrogens with one attached hydrogen (secondary N) is 2. The fourth-order valence-electron chi connectivity index (χ4n) is 2.23. The van der Waals surface area contributed by atoms with E-state index in [0.29, 0.717) is 40.9 Å². The second-order valence-corrected chi connectivity index (χ2v) is 6.70. The van der Waals surface area contributed by atoms with Gasteiger partial charge in [-0.3, -0.25) is 9.59 Å². The van der Waals surface area contributed by atoms with E-state index in [2.05, 4.69) is 20.6 Å². The van der Waals surface area contributed by atoms with Crippen LogP contribution in [0.15, 0.2) is 30.5 Å². The average Bonchev–Trinajstić information content (AvgIpc) is 2.59. The molecule has 1 heterocycles. The summed E-state index contributed by atoms with van der Waals surface area (Å²) < 4.78 is 0. The molecule has 0 radical (unpaired) electrons. The maximum atomic E-state index is 12.5. The van der Waals surface area contributed by atoms with Gasteiger partial charge in [-0.2, -0.15) is 0 Å². The number of carbonyl (C=O) groups is 2. The predicted octanol–water partition coefficient (Wildman–Crippen LogP) is 2.49. The molecular formula is C19H25N5O2. The zero-order valence-electron chi connectivity index (χ0n) is 15.8. The molecule has 2 rings (SSSR count). The molecular weight excluding hydrogens is 330 g/mol. The van der Waals surface area contributed by atoms with E-state index in [1.54, 1.807) is 36.1 Å². The molecule has 0 saturated carbocycles. The van der Waals surface area contributed by atoms with Crippen molar-refractivity contribution in [3.8, 4) is 0 Å². The van der Waals surface area contributed by atoms with Crippen LogP contribution in [0.4, 0.5) is 11.6 Å². The quantitative estimate of drug-likeness (QED) is 0.831. The number of aryl methyl sites for hydroxylation is 1. The van der Waals surface area contributed by atoms with Crippen molar-refractivity contribution in [1.29, 1.82) is 0 Å². The van der Waals surface area contributed by atoms with Crippen LogP contribution < -0.4 is 15.5 Å². The number of amides is 2. The first-order chi connectivity index (χ1) is 12.3. The van der Waals surface area contributed by atoms with Crippen molar-refractivity contribution in [1.82, 2.24) is 15.3 Å². The number of hydrogen-bond acceptors (Lipinski definition) is 5. The Kier molecular flexibility index (Phi) is 6.27. The van der Waals surface area contributed by atoms with Gasteiger partial charge in [-0.15, -0.1) is 0 Å². The fourth-order valence-corrected chi connectivity index (χ4v) is 2.23. The highest BCUT2D eigenvalue weighted by molar-refractivity contribution is 6.05. The van der Waals surface area contributed by atoms with Gasteiger partial charge in [0.15, 0.2) is 0 Å². The van der Waals surface area contributed by atoms with Crippen molar-refractivity contribution in [2.45, 2.75) is 20.8 Å². The lowest BCUT2D eigenvalue weighted by molar-refractivity contribution is 0.0947. The predicted molar refractivity (Wildman–Crippen MR) is 103 cm³/mol. The van der Waals surface area contributed by atoms with Gasteiger partial charge in [0.2, 0.25) is 5.95 Å². The van der Waals surface area contributed by atoms with Gasteiger partial charge < -0.3 is 15.5 Å². The molecule has 0 spiro atoms. The molecule has 0 aliphatic carbocycles. The maximum absolute atomic E-state index is 12.5. The number of hydrogen-bond donors (Lipinski definition) is 2. The van der Waals surface area contributed by atoms with Gasteiger partial charge in [-0.05, 0) is 31.0 Å². The molecule has 0 saturated heterocycles. The minimum atomic E-state index is -0.312. The van der Waals surface area contributed by atoms with Crippen LogP contribution in [0.2, 0.25) is 0 Å². The van der Waals surface area contributed by atoms with E-state index in [9.17, 15) is 9.59 Å². The van der Waals surface area contributed by atoms with Gasteiger partial charge in [0.25, 0.3) is 11.8 Å². The topological polar surface area (TPSA) is 87.2 Å². The van der Waals surface area contributed by atoms with E-state index in [1.165, 1.54) is 6.20 Å². The summed E-state index contributed by atoms with van der Waals surface area (Å²) in [5, 5.41) is 5.66. The highest BCUT2D eigenvalue weighted by atomic mass is 16.2. The van der Waals surface area contributed by atoms with Crippen LogP contribution in [0.1, 0.15) is 40.3 Å². The standard InChI is InChI=1S/C19H25N5O2/c1-12(2)10-20-17(25)14-7-6-8-15(9-14)23-18(26)16-11-21-19(24(4)5)22-13(16)3/h6-9,11-12H,10H2,1-5H3,(H,20,25)(H,23,26). The van der Waals surface area contributed by atoms with E-state index < -0.39 is 0 Å². The second kappa shape index (κ2) is 8.42. The van der Waals surface area contributed by atoms with Crippen molar-refractivity contribution < 1.29 is 9.59 Å². The summed E-state index contributed by atoms with van der Waals surface area (Å²) in [4.78, 5) is 34.9. The monoisotopic (exact) mass is 355 g/mol. The molecule has 0 bridgehead atoms. The van der Waals surface area contributed by atoms with Crippen LogP contribution in [0.3, 0.4) is 0 Å². The normalized spacial score (nSPS) is 10.5. The summed E-state index contributed by atoms with van der Waals surface area (Å²) in [5.74, 6) is 0.440. The molecule has 7 nitrogen and oxygen atoms in total. The van der Waals surface area contributed by atoms with E-state index in [1.807, 2.05) is 27.9 Å². The number of carbonyl (C=O) groups excluding carboxylic acids is 2. The molecule has 1 aromatic heterocycles. The summed E-state index contributed by atoms with van der Waals surface area (Å²) in [6.07, 6.45) is 1.51. The van der Waals surface area contributed by atoms with Gasteiger partial charge in [-0.1, -0.05) is 19.9 Å². The third-order valence-corrected chi connectivity index (χ3v) is 3.66. The van der Waals surface area contributed by atoms with Gasteiger partial charge in [0.1, 0.15) is 0 Å². The van der Waals surface area contributed by atoms with Crippen molar-refractivity contribution in [2.75, 3.05) is 30.9 Å². The Labute approximate surface area is 153 Å². The summed E-state index contributed by atoms with van der Waals surface area (Å²) in [5.41, 5.74) is 2.03.